The molecule has 5 heteroatoms. The van der Waals surface area contributed by atoms with Gasteiger partial charge >= 0.3 is 0 Å². The van der Waals surface area contributed by atoms with Crippen molar-refractivity contribution in [2.45, 2.75) is 0 Å². The molecule has 0 spiro atoms. The van der Waals surface area contributed by atoms with Gasteiger partial charge in [-0.2, -0.15) is 0 Å². The number of hydrogen-bond acceptors (Lipinski definition) is 3. The number of pyridine rings is 1. The van der Waals surface area contributed by atoms with Crippen molar-refractivity contribution in [2.75, 3.05) is 5.73 Å². The van der Waals surface area contributed by atoms with E-state index in [0.29, 0.717) is 0 Å². The lowest BCUT2D eigenvalue weighted by molar-refractivity contribution is 0.625. The number of nitrogens with zero attached hydrogens (tertiary/aromatic N) is 2. The average Bonchev–Trinajstić information content (AvgIpc) is 2.12. The van der Waals surface area contributed by atoms with Gasteiger partial charge in [-0.3, -0.25) is 9.20 Å². The summed E-state index contributed by atoms with van der Waals surface area (Å²) >= 11 is 0. The van der Waals surface area contributed by atoms with Gasteiger partial charge in [-0.25, -0.2) is 9.37 Å². The number of nitrogens with two attached hydrogens (primary N) is 1. The maximum Gasteiger partial charge on any atom is 0.280 e. The summed E-state index contributed by atoms with van der Waals surface area (Å²) in [6.07, 6.45) is 2.52. The maximum atomic E-state index is 12.7. The van der Waals surface area contributed by atoms with Crippen LogP contribution in [0.15, 0.2) is 29.3 Å². The minimum Gasteiger partial charge on any atom is -0.393 e. The van der Waals surface area contributed by atoms with Gasteiger partial charge in [0.15, 0.2) is 0 Å². The van der Waals surface area contributed by atoms with Gasteiger partial charge in [0.25, 0.3) is 5.56 Å². The highest BCUT2D eigenvalue weighted by atomic mass is 19.1. The van der Waals surface area contributed by atoms with Crippen LogP contribution in [0.1, 0.15) is 0 Å². The molecule has 4 nitrogen and oxygen atoms in total. The topological polar surface area (TPSA) is 60.4 Å². The van der Waals surface area contributed by atoms with Crippen molar-refractivity contribution in [3.8, 4) is 0 Å². The van der Waals surface area contributed by atoms with E-state index in [4.69, 9.17) is 5.73 Å². The van der Waals surface area contributed by atoms with Crippen LogP contribution in [0.2, 0.25) is 0 Å². The number of rotatable bonds is 0. The van der Waals surface area contributed by atoms with Gasteiger partial charge in [-0.15, -0.1) is 0 Å². The molecule has 2 rings (SSSR count). The van der Waals surface area contributed by atoms with E-state index in [-0.39, 0.29) is 16.9 Å². The summed E-state index contributed by atoms with van der Waals surface area (Å²) in [7, 11) is 0. The third-order valence-corrected chi connectivity index (χ3v) is 1.70. The largest absolute Gasteiger partial charge is 0.393 e. The van der Waals surface area contributed by atoms with Crippen LogP contribution in [0.3, 0.4) is 0 Å². The van der Waals surface area contributed by atoms with Crippen LogP contribution in [0.5, 0.6) is 0 Å². The van der Waals surface area contributed by atoms with Crippen molar-refractivity contribution in [1.29, 1.82) is 0 Å². The first kappa shape index (κ1) is 7.72. The number of halogens is 1. The van der Waals surface area contributed by atoms with Gasteiger partial charge in [0.1, 0.15) is 17.2 Å². The molecule has 2 heterocycles. The van der Waals surface area contributed by atoms with Crippen LogP contribution in [-0.4, -0.2) is 9.38 Å². The molecule has 0 atom stereocenters. The molecule has 0 bridgehead atoms. The molecule has 0 unspecified atom stereocenters. The molecule has 0 aliphatic rings. The van der Waals surface area contributed by atoms with Crippen LogP contribution in [-0.2, 0) is 0 Å². The summed E-state index contributed by atoms with van der Waals surface area (Å²) in [5.74, 6) is -0.434. The zero-order chi connectivity index (χ0) is 9.42. The number of fused-ring (bicyclic) bond motifs is 1. The lowest BCUT2D eigenvalue weighted by Gasteiger charge is -1.99. The fraction of sp³-hybridized carbons (Fsp3) is 0. The van der Waals surface area contributed by atoms with Crippen molar-refractivity contribution in [3.05, 3.63) is 40.7 Å². The van der Waals surface area contributed by atoms with Gasteiger partial charge < -0.3 is 5.73 Å². The number of nitrogen functional groups attached to an aromatic ring is 1. The summed E-state index contributed by atoms with van der Waals surface area (Å²) in [6.45, 7) is 0. The number of aromatic nitrogens is 2. The van der Waals surface area contributed by atoms with E-state index in [2.05, 4.69) is 4.98 Å². The number of anilines is 1. The Labute approximate surface area is 72.4 Å². The molecule has 0 fully saturated rings. The molecule has 0 aromatic carbocycles. The van der Waals surface area contributed by atoms with E-state index in [1.807, 2.05) is 0 Å². The lowest BCUT2D eigenvalue weighted by Crippen LogP contribution is -2.18. The standard InChI is InChI=1S/C8H6FN3O/c9-5-1-2-12-7(3-5)11-4-6(10)8(12)13/h1-4H,10H2. The molecule has 0 saturated carbocycles. The summed E-state index contributed by atoms with van der Waals surface area (Å²) in [6, 6.07) is 2.34. The molecular formula is C8H6FN3O. The fourth-order valence-electron chi connectivity index (χ4n) is 1.06. The number of hydrogen-bond donors (Lipinski definition) is 1. The van der Waals surface area contributed by atoms with Crippen LogP contribution in [0, 0.1) is 5.82 Å². The van der Waals surface area contributed by atoms with Crippen LogP contribution >= 0.6 is 0 Å². The van der Waals surface area contributed by atoms with Crippen molar-refractivity contribution in [3.63, 3.8) is 0 Å². The summed E-state index contributed by atoms with van der Waals surface area (Å²) in [5.41, 5.74) is 5.24. The first-order valence-electron chi connectivity index (χ1n) is 3.61. The molecular weight excluding hydrogens is 173 g/mol. The predicted molar refractivity (Wildman–Crippen MR) is 45.8 cm³/mol. The van der Waals surface area contributed by atoms with E-state index >= 15 is 0 Å². The Morgan fingerprint density at radius 3 is 3.08 bits per heavy atom. The lowest BCUT2D eigenvalue weighted by atomic mass is 10.4. The SMILES string of the molecule is Nc1cnc2cc(F)ccn2c1=O. The molecule has 0 radical (unpaired) electrons. The van der Waals surface area contributed by atoms with E-state index in [1.165, 1.54) is 28.9 Å². The highest BCUT2D eigenvalue weighted by Gasteiger charge is 2.01. The van der Waals surface area contributed by atoms with Gasteiger partial charge in [-0.1, -0.05) is 0 Å². The Morgan fingerprint density at radius 2 is 2.31 bits per heavy atom. The highest BCUT2D eigenvalue weighted by Crippen LogP contribution is 2.01. The molecule has 2 aromatic rings. The molecule has 2 N–H and O–H groups in total. The Bertz CT molecular complexity index is 520. The average molecular weight is 179 g/mol. The zero-order valence-electron chi connectivity index (χ0n) is 6.57. The molecule has 2 aromatic heterocycles. The smallest absolute Gasteiger partial charge is 0.280 e. The quantitative estimate of drug-likeness (QED) is 0.637. The summed E-state index contributed by atoms with van der Waals surface area (Å²) in [4.78, 5) is 15.1. The highest BCUT2D eigenvalue weighted by molar-refractivity contribution is 5.43. The van der Waals surface area contributed by atoms with Gasteiger partial charge in [0.05, 0.1) is 6.20 Å². The normalized spacial score (nSPS) is 10.5. The van der Waals surface area contributed by atoms with Crippen LogP contribution < -0.4 is 11.3 Å². The Hall–Kier alpha value is -1.91. The first-order chi connectivity index (χ1) is 6.18. The van der Waals surface area contributed by atoms with Gasteiger partial charge in [0, 0.05) is 12.3 Å². The Kier molecular flexibility index (Phi) is 1.51. The minimum atomic E-state index is -0.434. The molecule has 0 amide bonds. The van der Waals surface area contributed by atoms with E-state index in [0.717, 1.165) is 0 Å². The van der Waals surface area contributed by atoms with E-state index in [9.17, 15) is 9.18 Å². The monoisotopic (exact) mass is 179 g/mol. The van der Waals surface area contributed by atoms with E-state index < -0.39 is 5.82 Å². The predicted octanol–water partition coefficient (Wildman–Crippen LogP) is 0.416. The zero-order valence-corrected chi connectivity index (χ0v) is 6.57. The second-order valence-electron chi connectivity index (χ2n) is 2.59. The molecule has 66 valence electrons. The third-order valence-electron chi connectivity index (χ3n) is 1.70. The second kappa shape index (κ2) is 2.55. The van der Waals surface area contributed by atoms with Crippen molar-refractivity contribution < 1.29 is 4.39 Å². The Morgan fingerprint density at radius 1 is 1.54 bits per heavy atom. The molecule has 0 aliphatic heterocycles. The van der Waals surface area contributed by atoms with Crippen molar-refractivity contribution in [2.24, 2.45) is 0 Å². The van der Waals surface area contributed by atoms with Crippen LogP contribution in [0.25, 0.3) is 5.65 Å². The van der Waals surface area contributed by atoms with Gasteiger partial charge in [-0.05, 0) is 6.07 Å². The van der Waals surface area contributed by atoms with Crippen LogP contribution in [0.4, 0.5) is 10.1 Å². The maximum absolute atomic E-state index is 12.7. The molecule has 13 heavy (non-hydrogen) atoms. The third kappa shape index (κ3) is 1.14. The fourth-order valence-corrected chi connectivity index (χ4v) is 1.06. The molecule has 0 aliphatic carbocycles. The first-order valence-corrected chi connectivity index (χ1v) is 3.61. The minimum absolute atomic E-state index is 0.0455. The van der Waals surface area contributed by atoms with Gasteiger partial charge in [0.2, 0.25) is 0 Å². The van der Waals surface area contributed by atoms with Crippen molar-refractivity contribution >= 4 is 11.3 Å². The summed E-state index contributed by atoms with van der Waals surface area (Å²) < 4.78 is 13.9. The molecule has 0 saturated heterocycles. The second-order valence-corrected chi connectivity index (χ2v) is 2.59. The van der Waals surface area contributed by atoms with Crippen molar-refractivity contribution in [1.82, 2.24) is 9.38 Å². The van der Waals surface area contributed by atoms with E-state index in [1.54, 1.807) is 0 Å². The summed E-state index contributed by atoms with van der Waals surface area (Å²) in [5, 5.41) is 0. The Balaban J connectivity index is 2.95.